The van der Waals surface area contributed by atoms with E-state index in [0.29, 0.717) is 25.3 Å². The normalized spacial score (nSPS) is 11.3. The lowest BCUT2D eigenvalue weighted by Crippen LogP contribution is -2.07. The molecule has 0 aliphatic carbocycles. The molecular formula is C27H29NO5. The lowest BCUT2D eigenvalue weighted by atomic mass is 10.0. The lowest BCUT2D eigenvalue weighted by molar-refractivity contribution is -0.136. The molecule has 0 amide bonds. The van der Waals surface area contributed by atoms with Crippen molar-refractivity contribution in [3.63, 3.8) is 0 Å². The number of aromatic nitrogens is 1. The molecule has 3 rings (SSSR count). The van der Waals surface area contributed by atoms with Crippen molar-refractivity contribution >= 4 is 12.0 Å². The highest BCUT2D eigenvalue weighted by Gasteiger charge is 2.14. The van der Waals surface area contributed by atoms with Gasteiger partial charge in [0.1, 0.15) is 11.5 Å². The smallest absolute Gasteiger partial charge is 0.371 e. The van der Waals surface area contributed by atoms with Gasteiger partial charge in [-0.1, -0.05) is 24.3 Å². The minimum Gasteiger partial charge on any atom is -0.493 e. The minimum atomic E-state index is -1.10. The van der Waals surface area contributed by atoms with E-state index < -0.39 is 5.97 Å². The van der Waals surface area contributed by atoms with Crippen LogP contribution in [-0.2, 0) is 16.0 Å². The van der Waals surface area contributed by atoms with Crippen LogP contribution in [0.4, 0.5) is 0 Å². The van der Waals surface area contributed by atoms with Crippen molar-refractivity contribution in [3.05, 3.63) is 89.0 Å². The predicted octanol–water partition coefficient (Wildman–Crippen LogP) is 5.91. The van der Waals surface area contributed by atoms with Gasteiger partial charge in [-0.15, -0.1) is 6.58 Å². The van der Waals surface area contributed by atoms with Gasteiger partial charge in [0.25, 0.3) is 0 Å². The van der Waals surface area contributed by atoms with E-state index in [0.717, 1.165) is 39.5 Å². The fourth-order valence-electron chi connectivity index (χ4n) is 3.48. The first-order valence-corrected chi connectivity index (χ1v) is 10.8. The molecule has 0 bridgehead atoms. The molecule has 0 radical (unpaired) electrons. The zero-order valence-electron chi connectivity index (χ0n) is 19.3. The van der Waals surface area contributed by atoms with E-state index in [-0.39, 0.29) is 12.4 Å². The number of nitrogens with zero attached hydrogens (tertiary/aromatic N) is 1. The Morgan fingerprint density at radius 2 is 1.82 bits per heavy atom. The summed E-state index contributed by atoms with van der Waals surface area (Å²) < 4.78 is 17.2. The van der Waals surface area contributed by atoms with Crippen LogP contribution in [0.15, 0.2) is 65.3 Å². The summed E-state index contributed by atoms with van der Waals surface area (Å²) in [6.07, 6.45) is 4.40. The van der Waals surface area contributed by atoms with E-state index in [1.807, 2.05) is 63.2 Å². The Morgan fingerprint density at radius 3 is 2.45 bits per heavy atom. The summed E-state index contributed by atoms with van der Waals surface area (Å²) in [5, 5.41) is 9.39. The third-order valence-corrected chi connectivity index (χ3v) is 5.07. The van der Waals surface area contributed by atoms with Gasteiger partial charge in [-0.25, -0.2) is 9.78 Å². The number of benzene rings is 2. The third kappa shape index (κ3) is 6.35. The molecule has 2 aromatic carbocycles. The summed E-state index contributed by atoms with van der Waals surface area (Å²) in [6, 6.07) is 13.6. The minimum absolute atomic E-state index is 0.0972. The first-order chi connectivity index (χ1) is 15.9. The second-order valence-corrected chi connectivity index (χ2v) is 7.71. The molecule has 33 heavy (non-hydrogen) atoms. The standard InChI is InChI=1S/C27H29NO5/c1-5-6-13-31-24(27(29)30)17-21-15-18(2)25(19(3)16-21)32-14-12-23-20(4)33-26(28-23)22-10-8-7-9-11-22/h5,7-11,15-17H,1,6,12-14H2,2-4H3,(H,29,30). The number of oxazole rings is 1. The number of ether oxygens (including phenoxy) is 2. The Hall–Kier alpha value is -3.80. The van der Waals surface area contributed by atoms with E-state index >= 15 is 0 Å². The largest absolute Gasteiger partial charge is 0.493 e. The fraction of sp³-hybridized carbons (Fsp3) is 0.259. The zero-order chi connectivity index (χ0) is 23.8. The van der Waals surface area contributed by atoms with E-state index in [2.05, 4.69) is 11.6 Å². The van der Waals surface area contributed by atoms with Crippen LogP contribution in [0.5, 0.6) is 5.75 Å². The molecular weight excluding hydrogens is 418 g/mol. The molecule has 6 nitrogen and oxygen atoms in total. The lowest BCUT2D eigenvalue weighted by Gasteiger charge is -2.13. The molecule has 0 unspecified atom stereocenters. The van der Waals surface area contributed by atoms with Crippen LogP contribution in [0, 0.1) is 20.8 Å². The second-order valence-electron chi connectivity index (χ2n) is 7.71. The van der Waals surface area contributed by atoms with Crippen molar-refractivity contribution in [1.82, 2.24) is 4.98 Å². The molecule has 0 spiro atoms. The van der Waals surface area contributed by atoms with Crippen molar-refractivity contribution in [1.29, 1.82) is 0 Å². The molecule has 3 aromatic rings. The first-order valence-electron chi connectivity index (χ1n) is 10.8. The van der Waals surface area contributed by atoms with Crippen molar-refractivity contribution in [2.75, 3.05) is 13.2 Å². The predicted molar refractivity (Wildman–Crippen MR) is 128 cm³/mol. The van der Waals surface area contributed by atoms with Gasteiger partial charge in [-0.2, -0.15) is 0 Å². The summed E-state index contributed by atoms with van der Waals surface area (Å²) in [6.45, 7) is 10.1. The molecule has 172 valence electrons. The Bertz CT molecular complexity index is 1120. The first kappa shape index (κ1) is 23.9. The highest BCUT2D eigenvalue weighted by Crippen LogP contribution is 2.27. The highest BCUT2D eigenvalue weighted by atomic mass is 16.5. The van der Waals surface area contributed by atoms with E-state index in [1.165, 1.54) is 6.08 Å². The molecule has 0 atom stereocenters. The molecule has 0 fully saturated rings. The second kappa shape index (κ2) is 11.2. The van der Waals surface area contributed by atoms with Crippen LogP contribution >= 0.6 is 0 Å². The Kier molecular flexibility index (Phi) is 8.08. The van der Waals surface area contributed by atoms with Crippen LogP contribution < -0.4 is 4.74 Å². The number of aliphatic carboxylic acids is 1. The van der Waals surface area contributed by atoms with Gasteiger partial charge in [-0.05, 0) is 74.2 Å². The maximum atomic E-state index is 11.5. The summed E-state index contributed by atoms with van der Waals surface area (Å²) >= 11 is 0. The van der Waals surface area contributed by atoms with Gasteiger partial charge >= 0.3 is 5.97 Å². The molecule has 0 saturated heterocycles. The number of carboxylic acid groups (broad SMARTS) is 1. The molecule has 0 aliphatic heterocycles. The number of carboxylic acids is 1. The molecule has 0 aliphatic rings. The Labute approximate surface area is 194 Å². The molecule has 1 N–H and O–H groups in total. The van der Waals surface area contributed by atoms with Gasteiger partial charge < -0.3 is 19.0 Å². The quantitative estimate of drug-likeness (QED) is 0.170. The van der Waals surface area contributed by atoms with E-state index in [9.17, 15) is 9.90 Å². The van der Waals surface area contributed by atoms with Crippen LogP contribution in [0.25, 0.3) is 17.5 Å². The van der Waals surface area contributed by atoms with Gasteiger partial charge in [0.2, 0.25) is 11.6 Å². The number of rotatable bonds is 11. The maximum Gasteiger partial charge on any atom is 0.371 e. The summed E-state index contributed by atoms with van der Waals surface area (Å²) in [5.74, 6) is 0.966. The molecule has 6 heteroatoms. The van der Waals surface area contributed by atoms with Crippen LogP contribution in [0.3, 0.4) is 0 Å². The number of hydrogen-bond acceptors (Lipinski definition) is 5. The Morgan fingerprint density at radius 1 is 1.12 bits per heavy atom. The monoisotopic (exact) mass is 447 g/mol. The van der Waals surface area contributed by atoms with Gasteiger partial charge in [0, 0.05) is 12.0 Å². The van der Waals surface area contributed by atoms with Crippen molar-refractivity contribution < 1.29 is 23.8 Å². The molecule has 1 heterocycles. The van der Waals surface area contributed by atoms with Gasteiger partial charge in [0.15, 0.2) is 0 Å². The molecule has 1 aromatic heterocycles. The summed E-state index contributed by atoms with van der Waals surface area (Å²) in [4.78, 5) is 16.1. The van der Waals surface area contributed by atoms with Gasteiger partial charge in [0.05, 0.1) is 18.9 Å². The highest BCUT2D eigenvalue weighted by molar-refractivity contribution is 5.90. The van der Waals surface area contributed by atoms with Crippen molar-refractivity contribution in [2.45, 2.75) is 33.6 Å². The van der Waals surface area contributed by atoms with Gasteiger partial charge in [-0.3, -0.25) is 0 Å². The van der Waals surface area contributed by atoms with Crippen molar-refractivity contribution in [2.24, 2.45) is 0 Å². The topological polar surface area (TPSA) is 81.8 Å². The van der Waals surface area contributed by atoms with E-state index in [4.69, 9.17) is 13.9 Å². The van der Waals surface area contributed by atoms with Crippen LogP contribution in [-0.4, -0.2) is 29.3 Å². The SMILES string of the molecule is C=CCCOC(=Cc1cc(C)c(OCCc2nc(-c3ccccc3)oc2C)c(C)c1)C(=O)O. The Balaban J connectivity index is 1.68. The average molecular weight is 448 g/mol. The maximum absolute atomic E-state index is 11.5. The fourth-order valence-corrected chi connectivity index (χ4v) is 3.48. The average Bonchev–Trinajstić information content (AvgIpc) is 3.16. The van der Waals surface area contributed by atoms with Crippen LogP contribution in [0.1, 0.15) is 34.6 Å². The third-order valence-electron chi connectivity index (χ3n) is 5.07. The summed E-state index contributed by atoms with van der Waals surface area (Å²) in [7, 11) is 0. The number of hydrogen-bond donors (Lipinski definition) is 1. The van der Waals surface area contributed by atoms with Crippen LogP contribution in [0.2, 0.25) is 0 Å². The number of aryl methyl sites for hydroxylation is 3. The number of carbonyl (C=O) groups is 1. The summed E-state index contributed by atoms with van der Waals surface area (Å²) in [5.41, 5.74) is 4.38. The van der Waals surface area contributed by atoms with E-state index in [1.54, 1.807) is 6.08 Å². The molecule has 0 saturated carbocycles. The van der Waals surface area contributed by atoms with Crippen molar-refractivity contribution in [3.8, 4) is 17.2 Å². The zero-order valence-corrected chi connectivity index (χ0v) is 19.3.